The van der Waals surface area contributed by atoms with Gasteiger partial charge in [-0.25, -0.2) is 8.42 Å². The topological polar surface area (TPSA) is 66.8 Å². The van der Waals surface area contributed by atoms with Gasteiger partial charge in [0.1, 0.15) is 0 Å². The predicted molar refractivity (Wildman–Crippen MR) is 77.4 cm³/mol. The Kier molecular flexibility index (Phi) is 5.02. The third-order valence-electron chi connectivity index (χ3n) is 2.86. The van der Waals surface area contributed by atoms with Gasteiger partial charge in [0.05, 0.1) is 30.8 Å². The van der Waals surface area contributed by atoms with E-state index >= 15 is 0 Å². The quantitative estimate of drug-likeness (QED) is 0.815. The molecule has 0 radical (unpaired) electrons. The second-order valence-corrected chi connectivity index (χ2v) is 7.73. The lowest BCUT2D eigenvalue weighted by atomic mass is 10.3. The van der Waals surface area contributed by atoms with Crippen LogP contribution in [0.15, 0.2) is 32.0 Å². The van der Waals surface area contributed by atoms with E-state index in [1.165, 1.54) is 4.31 Å². The number of rotatable bonds is 3. The number of ether oxygens (including phenoxy) is 1. The van der Waals surface area contributed by atoms with Crippen molar-refractivity contribution in [3.05, 3.63) is 27.1 Å². The first kappa shape index (κ1) is 15.4. The van der Waals surface area contributed by atoms with Gasteiger partial charge in [0.25, 0.3) is 0 Å². The van der Waals surface area contributed by atoms with Crippen molar-refractivity contribution in [1.82, 2.24) is 4.31 Å². The summed E-state index contributed by atoms with van der Waals surface area (Å²) < 4.78 is 33.0. The van der Waals surface area contributed by atoms with Crippen LogP contribution in [0.2, 0.25) is 0 Å². The molecule has 1 fully saturated rings. The van der Waals surface area contributed by atoms with E-state index in [0.29, 0.717) is 15.6 Å². The standard InChI is InChI=1S/C11H13Br2NO4S/c12-8-1-2-10(13)11(5-8)19(16,17)14-3-4-18-7-9(14)6-15/h1-2,5,9,15H,3-4,6-7H2. The Morgan fingerprint density at radius 1 is 1.42 bits per heavy atom. The normalized spacial score (nSPS) is 21.5. The van der Waals surface area contributed by atoms with Crippen molar-refractivity contribution in [3.63, 3.8) is 0 Å². The first-order valence-corrected chi connectivity index (χ1v) is 8.65. The predicted octanol–water partition coefficient (Wildman–Crippen LogP) is 1.59. The van der Waals surface area contributed by atoms with Crippen molar-refractivity contribution in [2.45, 2.75) is 10.9 Å². The zero-order chi connectivity index (χ0) is 14.0. The molecule has 0 spiro atoms. The molecule has 0 aliphatic carbocycles. The molecule has 1 heterocycles. The Morgan fingerprint density at radius 3 is 2.84 bits per heavy atom. The van der Waals surface area contributed by atoms with E-state index in [4.69, 9.17) is 4.74 Å². The lowest BCUT2D eigenvalue weighted by Gasteiger charge is -2.33. The fraction of sp³-hybridized carbons (Fsp3) is 0.455. The van der Waals surface area contributed by atoms with E-state index in [9.17, 15) is 13.5 Å². The zero-order valence-electron chi connectivity index (χ0n) is 9.92. The molecule has 1 unspecified atom stereocenters. The molecular formula is C11H13Br2NO4S. The first-order chi connectivity index (χ1) is 8.96. The summed E-state index contributed by atoms with van der Waals surface area (Å²) in [5, 5.41) is 9.29. The third kappa shape index (κ3) is 3.20. The number of sulfonamides is 1. The van der Waals surface area contributed by atoms with Gasteiger partial charge in [-0.05, 0) is 34.1 Å². The van der Waals surface area contributed by atoms with Crippen LogP contribution in [0.25, 0.3) is 0 Å². The van der Waals surface area contributed by atoms with Crippen LogP contribution in [0.5, 0.6) is 0 Å². The average Bonchev–Trinajstić information content (AvgIpc) is 2.41. The van der Waals surface area contributed by atoms with Crippen molar-refractivity contribution in [1.29, 1.82) is 0 Å². The van der Waals surface area contributed by atoms with E-state index in [1.807, 2.05) is 0 Å². The fourth-order valence-corrected chi connectivity index (χ4v) is 4.95. The molecule has 5 nitrogen and oxygen atoms in total. The van der Waals surface area contributed by atoms with Crippen molar-refractivity contribution in [2.75, 3.05) is 26.4 Å². The maximum atomic E-state index is 12.6. The molecule has 1 saturated heterocycles. The summed E-state index contributed by atoms with van der Waals surface area (Å²) in [7, 11) is -3.66. The number of halogens is 2. The maximum absolute atomic E-state index is 12.6. The van der Waals surface area contributed by atoms with Crippen LogP contribution in [0.3, 0.4) is 0 Å². The summed E-state index contributed by atoms with van der Waals surface area (Å²) >= 11 is 6.52. The molecule has 0 amide bonds. The van der Waals surface area contributed by atoms with Gasteiger partial charge in [0.15, 0.2) is 0 Å². The van der Waals surface area contributed by atoms with Crippen molar-refractivity contribution in [3.8, 4) is 0 Å². The lowest BCUT2D eigenvalue weighted by Crippen LogP contribution is -2.50. The Bertz CT molecular complexity index is 564. The van der Waals surface area contributed by atoms with Crippen LogP contribution >= 0.6 is 31.9 Å². The van der Waals surface area contributed by atoms with Crippen LogP contribution in [-0.4, -0.2) is 50.2 Å². The fourth-order valence-electron chi connectivity index (χ4n) is 1.90. The Morgan fingerprint density at radius 2 is 2.16 bits per heavy atom. The molecule has 1 aromatic rings. The van der Waals surface area contributed by atoms with Gasteiger partial charge < -0.3 is 9.84 Å². The highest BCUT2D eigenvalue weighted by atomic mass is 79.9. The molecule has 1 aromatic carbocycles. The van der Waals surface area contributed by atoms with Gasteiger partial charge in [-0.15, -0.1) is 0 Å². The highest BCUT2D eigenvalue weighted by Gasteiger charge is 2.34. The minimum absolute atomic E-state index is 0.183. The number of aliphatic hydroxyl groups excluding tert-OH is 1. The van der Waals surface area contributed by atoms with Crippen molar-refractivity contribution < 1.29 is 18.3 Å². The molecule has 8 heteroatoms. The Labute approximate surface area is 128 Å². The Balaban J connectivity index is 2.43. The minimum Gasteiger partial charge on any atom is -0.395 e. The Hall–Kier alpha value is 0.01000. The number of aliphatic hydroxyl groups is 1. The summed E-state index contributed by atoms with van der Waals surface area (Å²) in [6, 6.07) is 4.44. The molecule has 0 saturated carbocycles. The van der Waals surface area contributed by atoms with Crippen LogP contribution in [0, 0.1) is 0 Å². The zero-order valence-corrected chi connectivity index (χ0v) is 13.9. The number of morpholine rings is 1. The molecule has 1 N–H and O–H groups in total. The van der Waals surface area contributed by atoms with E-state index in [-0.39, 0.29) is 24.7 Å². The average molecular weight is 415 g/mol. The van der Waals surface area contributed by atoms with E-state index < -0.39 is 16.1 Å². The van der Waals surface area contributed by atoms with Crippen molar-refractivity contribution in [2.24, 2.45) is 0 Å². The molecule has 1 aliphatic heterocycles. The van der Waals surface area contributed by atoms with Gasteiger partial charge in [0.2, 0.25) is 10.0 Å². The van der Waals surface area contributed by atoms with Crippen LogP contribution in [0.1, 0.15) is 0 Å². The van der Waals surface area contributed by atoms with Gasteiger partial charge in [0, 0.05) is 15.5 Å². The summed E-state index contributed by atoms with van der Waals surface area (Å²) in [6.45, 7) is 0.528. The van der Waals surface area contributed by atoms with Crippen LogP contribution in [0.4, 0.5) is 0 Å². The largest absolute Gasteiger partial charge is 0.395 e. The first-order valence-electron chi connectivity index (χ1n) is 5.62. The monoisotopic (exact) mass is 413 g/mol. The highest BCUT2D eigenvalue weighted by molar-refractivity contribution is 9.11. The smallest absolute Gasteiger partial charge is 0.244 e. The van der Waals surface area contributed by atoms with Crippen LogP contribution < -0.4 is 0 Å². The number of nitrogens with zero attached hydrogens (tertiary/aromatic N) is 1. The molecular weight excluding hydrogens is 402 g/mol. The summed E-state index contributed by atoms with van der Waals surface area (Å²) in [4.78, 5) is 0.183. The maximum Gasteiger partial charge on any atom is 0.244 e. The summed E-state index contributed by atoms with van der Waals surface area (Å²) in [6.07, 6.45) is 0. The summed E-state index contributed by atoms with van der Waals surface area (Å²) in [5.74, 6) is 0. The lowest BCUT2D eigenvalue weighted by molar-refractivity contribution is 0.0109. The van der Waals surface area contributed by atoms with Gasteiger partial charge in [-0.2, -0.15) is 4.31 Å². The van der Waals surface area contributed by atoms with E-state index in [1.54, 1.807) is 18.2 Å². The number of benzene rings is 1. The molecule has 19 heavy (non-hydrogen) atoms. The summed E-state index contributed by atoms with van der Waals surface area (Å²) in [5.41, 5.74) is 0. The molecule has 0 bridgehead atoms. The van der Waals surface area contributed by atoms with E-state index in [0.717, 1.165) is 0 Å². The van der Waals surface area contributed by atoms with E-state index in [2.05, 4.69) is 31.9 Å². The van der Waals surface area contributed by atoms with Gasteiger partial charge >= 0.3 is 0 Å². The van der Waals surface area contributed by atoms with Crippen LogP contribution in [-0.2, 0) is 14.8 Å². The SMILES string of the molecule is O=S(=O)(c1cc(Br)ccc1Br)N1CCOCC1CO. The van der Waals surface area contributed by atoms with Gasteiger partial charge in [-0.3, -0.25) is 0 Å². The highest BCUT2D eigenvalue weighted by Crippen LogP contribution is 2.29. The second-order valence-electron chi connectivity index (χ2n) is 4.10. The number of hydrogen-bond donors (Lipinski definition) is 1. The van der Waals surface area contributed by atoms with Gasteiger partial charge in [-0.1, -0.05) is 15.9 Å². The number of hydrogen-bond acceptors (Lipinski definition) is 4. The minimum atomic E-state index is -3.66. The molecule has 1 aliphatic rings. The molecule has 2 rings (SSSR count). The third-order valence-corrected chi connectivity index (χ3v) is 6.30. The second kappa shape index (κ2) is 6.19. The molecule has 1 atom stereocenters. The molecule has 106 valence electrons. The molecule has 0 aromatic heterocycles. The van der Waals surface area contributed by atoms with Crippen molar-refractivity contribution >= 4 is 41.9 Å².